The van der Waals surface area contributed by atoms with Gasteiger partial charge in [0.05, 0.1) is 5.71 Å². The van der Waals surface area contributed by atoms with E-state index in [9.17, 15) is 14.4 Å². The number of hydrogen-bond donors (Lipinski definition) is 3. The fraction of sp³-hybridized carbons (Fsp3) is 0.333. The number of benzene rings is 1. The van der Waals surface area contributed by atoms with E-state index in [0.717, 1.165) is 5.56 Å². The van der Waals surface area contributed by atoms with Crippen LogP contribution in [0, 0.1) is 12.3 Å². The quantitative estimate of drug-likeness (QED) is 0.541. The van der Waals surface area contributed by atoms with Gasteiger partial charge in [0.1, 0.15) is 5.76 Å². The van der Waals surface area contributed by atoms with Crippen molar-refractivity contribution in [3.05, 3.63) is 52.5 Å². The van der Waals surface area contributed by atoms with Crippen molar-refractivity contribution in [2.45, 2.75) is 40.5 Å². The van der Waals surface area contributed by atoms with Gasteiger partial charge in [-0.1, -0.05) is 13.8 Å². The summed E-state index contributed by atoms with van der Waals surface area (Å²) in [5.41, 5.74) is 10.4. The Morgan fingerprint density at radius 3 is 2.38 bits per heavy atom. The SMILES string of the molecule is CC(=O)c1ccc(NC(=O)c2oc3c(c2C)/C(=N\NC(N)=O)CC(C)(C)C3)cc1. The van der Waals surface area contributed by atoms with Crippen LogP contribution in [-0.2, 0) is 6.42 Å². The van der Waals surface area contributed by atoms with E-state index in [2.05, 4.69) is 29.7 Å². The van der Waals surface area contributed by atoms with Crippen LogP contribution >= 0.6 is 0 Å². The van der Waals surface area contributed by atoms with Crippen LogP contribution in [0.25, 0.3) is 0 Å². The molecule has 0 saturated carbocycles. The third-order valence-electron chi connectivity index (χ3n) is 4.85. The van der Waals surface area contributed by atoms with Crippen LogP contribution in [0.1, 0.15) is 65.0 Å². The van der Waals surface area contributed by atoms with Crippen LogP contribution in [0.4, 0.5) is 10.5 Å². The zero-order valence-electron chi connectivity index (χ0n) is 16.9. The first-order valence-corrected chi connectivity index (χ1v) is 9.24. The molecule has 1 aliphatic rings. The molecule has 8 heteroatoms. The fourth-order valence-electron chi connectivity index (χ4n) is 3.52. The lowest BCUT2D eigenvalue weighted by Gasteiger charge is -2.29. The number of primary amides is 1. The van der Waals surface area contributed by atoms with Gasteiger partial charge in [-0.15, -0.1) is 0 Å². The molecule has 0 atom stereocenters. The summed E-state index contributed by atoms with van der Waals surface area (Å²) in [7, 11) is 0. The Hall–Kier alpha value is -3.42. The Morgan fingerprint density at radius 1 is 1.14 bits per heavy atom. The van der Waals surface area contributed by atoms with E-state index in [0.29, 0.717) is 41.1 Å². The predicted octanol–water partition coefficient (Wildman–Crippen LogP) is 3.39. The van der Waals surface area contributed by atoms with Crippen molar-refractivity contribution in [1.29, 1.82) is 0 Å². The lowest BCUT2D eigenvalue weighted by Crippen LogP contribution is -2.31. The Kier molecular flexibility index (Phi) is 5.28. The van der Waals surface area contributed by atoms with Gasteiger partial charge in [0.2, 0.25) is 0 Å². The number of carbonyl (C=O) groups excluding carboxylic acids is 3. The lowest BCUT2D eigenvalue weighted by molar-refractivity contribution is 0.0991. The molecular weight excluding hydrogens is 372 g/mol. The molecule has 4 N–H and O–H groups in total. The van der Waals surface area contributed by atoms with E-state index in [1.807, 2.05) is 0 Å². The molecule has 0 bridgehead atoms. The number of carbonyl (C=O) groups is 3. The first kappa shape index (κ1) is 20.3. The molecule has 2 aromatic rings. The van der Waals surface area contributed by atoms with E-state index in [1.165, 1.54) is 6.92 Å². The van der Waals surface area contributed by atoms with E-state index < -0.39 is 11.9 Å². The third kappa shape index (κ3) is 4.37. The maximum Gasteiger partial charge on any atom is 0.332 e. The van der Waals surface area contributed by atoms with Gasteiger partial charge in [0, 0.05) is 28.8 Å². The van der Waals surface area contributed by atoms with Crippen molar-refractivity contribution in [3.63, 3.8) is 0 Å². The van der Waals surface area contributed by atoms with Crippen molar-refractivity contribution in [3.8, 4) is 0 Å². The molecule has 0 spiro atoms. The largest absolute Gasteiger partial charge is 0.455 e. The second-order valence-corrected chi connectivity index (χ2v) is 7.99. The van der Waals surface area contributed by atoms with Gasteiger partial charge in [-0.3, -0.25) is 9.59 Å². The number of anilines is 1. The minimum Gasteiger partial charge on any atom is -0.455 e. The molecule has 1 aliphatic carbocycles. The zero-order chi connectivity index (χ0) is 21.3. The number of hydrazone groups is 1. The van der Waals surface area contributed by atoms with Gasteiger partial charge >= 0.3 is 6.03 Å². The molecule has 1 aromatic carbocycles. The minimum atomic E-state index is -0.754. The first-order chi connectivity index (χ1) is 13.6. The summed E-state index contributed by atoms with van der Waals surface area (Å²) < 4.78 is 5.91. The highest BCUT2D eigenvalue weighted by molar-refractivity contribution is 6.09. The lowest BCUT2D eigenvalue weighted by atomic mass is 9.75. The van der Waals surface area contributed by atoms with Gasteiger partial charge in [0.15, 0.2) is 11.5 Å². The minimum absolute atomic E-state index is 0.0450. The van der Waals surface area contributed by atoms with Gasteiger partial charge in [-0.2, -0.15) is 5.10 Å². The molecule has 0 radical (unpaired) electrons. The van der Waals surface area contributed by atoms with Gasteiger partial charge in [0.25, 0.3) is 5.91 Å². The topological polar surface area (TPSA) is 127 Å². The van der Waals surface area contributed by atoms with Crippen LogP contribution in [-0.4, -0.2) is 23.4 Å². The van der Waals surface area contributed by atoms with Crippen LogP contribution < -0.4 is 16.5 Å². The zero-order valence-corrected chi connectivity index (χ0v) is 16.9. The highest BCUT2D eigenvalue weighted by Gasteiger charge is 2.36. The molecule has 152 valence electrons. The van der Waals surface area contributed by atoms with Crippen LogP contribution in [0.3, 0.4) is 0 Å². The Balaban J connectivity index is 1.91. The molecule has 3 rings (SSSR count). The second-order valence-electron chi connectivity index (χ2n) is 7.99. The van der Waals surface area contributed by atoms with Crippen molar-refractivity contribution in [2.75, 3.05) is 5.32 Å². The molecule has 1 heterocycles. The number of urea groups is 1. The number of nitrogens with zero attached hydrogens (tertiary/aromatic N) is 1. The van der Waals surface area contributed by atoms with Crippen molar-refractivity contribution in [2.24, 2.45) is 16.3 Å². The fourth-order valence-corrected chi connectivity index (χ4v) is 3.52. The number of hydrogen-bond acceptors (Lipinski definition) is 5. The summed E-state index contributed by atoms with van der Waals surface area (Å²) in [6.45, 7) is 7.39. The number of nitrogens with two attached hydrogens (primary N) is 1. The molecule has 0 aliphatic heterocycles. The summed E-state index contributed by atoms with van der Waals surface area (Å²) in [4.78, 5) is 35.3. The number of nitrogens with one attached hydrogen (secondary N) is 2. The standard InChI is InChI=1S/C21H24N4O4/c1-11-17-15(24-25-20(22)28)9-21(3,4)10-16(17)29-18(11)19(27)23-14-7-5-13(6-8-14)12(2)26/h5-8H,9-10H2,1-4H3,(H,23,27)(H3,22,25,28)/b24-15-. The van der Waals surface area contributed by atoms with Crippen LogP contribution in [0.15, 0.2) is 33.8 Å². The molecule has 8 nitrogen and oxygen atoms in total. The molecule has 0 saturated heterocycles. The highest BCUT2D eigenvalue weighted by Crippen LogP contribution is 2.39. The number of fused-ring (bicyclic) bond motifs is 1. The number of Topliss-reactive ketones (excluding diaryl/α,β-unsaturated/α-hetero) is 1. The predicted molar refractivity (Wildman–Crippen MR) is 109 cm³/mol. The van der Waals surface area contributed by atoms with Crippen LogP contribution in [0.5, 0.6) is 0 Å². The van der Waals surface area contributed by atoms with Crippen molar-refractivity contribution < 1.29 is 18.8 Å². The summed E-state index contributed by atoms with van der Waals surface area (Å²) >= 11 is 0. The maximum atomic E-state index is 12.8. The number of furan rings is 1. The van der Waals surface area contributed by atoms with Crippen molar-refractivity contribution in [1.82, 2.24) is 5.43 Å². The smallest absolute Gasteiger partial charge is 0.332 e. The number of amides is 3. The highest BCUT2D eigenvalue weighted by atomic mass is 16.4. The Bertz CT molecular complexity index is 1020. The molecule has 29 heavy (non-hydrogen) atoms. The number of rotatable bonds is 4. The summed E-state index contributed by atoms with van der Waals surface area (Å²) in [6.07, 6.45) is 1.24. The normalized spacial score (nSPS) is 16.2. The monoisotopic (exact) mass is 396 g/mol. The second kappa shape index (κ2) is 7.54. The molecule has 0 fully saturated rings. The molecule has 1 aromatic heterocycles. The van der Waals surface area contributed by atoms with E-state index in [4.69, 9.17) is 10.2 Å². The van der Waals surface area contributed by atoms with Crippen molar-refractivity contribution >= 4 is 29.1 Å². The average molecular weight is 396 g/mol. The number of ketones is 1. The average Bonchev–Trinajstić information content (AvgIpc) is 2.95. The van der Waals surface area contributed by atoms with Gasteiger partial charge in [-0.25, -0.2) is 10.2 Å². The molecule has 3 amide bonds. The maximum absolute atomic E-state index is 12.8. The molecular formula is C21H24N4O4. The first-order valence-electron chi connectivity index (χ1n) is 9.24. The van der Waals surface area contributed by atoms with E-state index in [1.54, 1.807) is 31.2 Å². The van der Waals surface area contributed by atoms with E-state index >= 15 is 0 Å². The van der Waals surface area contributed by atoms with Crippen LogP contribution in [0.2, 0.25) is 0 Å². The van der Waals surface area contributed by atoms with Gasteiger partial charge in [-0.05, 0) is 49.9 Å². The summed E-state index contributed by atoms with van der Waals surface area (Å²) in [5, 5.41) is 6.92. The summed E-state index contributed by atoms with van der Waals surface area (Å²) in [6, 6.07) is 5.89. The van der Waals surface area contributed by atoms with E-state index in [-0.39, 0.29) is 17.0 Å². The Morgan fingerprint density at radius 2 is 1.79 bits per heavy atom. The summed E-state index contributed by atoms with van der Waals surface area (Å²) in [5.74, 6) is 0.403. The third-order valence-corrected chi connectivity index (χ3v) is 4.85. The molecule has 0 unspecified atom stereocenters. The van der Waals surface area contributed by atoms with Gasteiger partial charge < -0.3 is 15.5 Å². The Labute approximate surface area is 168 Å².